The standard InChI is InChI=1S/C19H23N3/c1-5-7-16-12-8-6-9-13-17(12)18-14(20-13)10-19(2,3)11-15(18)21-22(16)4/h6-9,20H,5,10-11H2,1-4H3/b16-7-. The second-order valence-electron chi connectivity index (χ2n) is 7.29. The number of nitrogens with zero attached hydrogens (tertiary/aromatic N) is 2. The van der Waals surface area contributed by atoms with E-state index in [4.69, 9.17) is 5.10 Å². The molecule has 0 saturated carbocycles. The molecule has 3 aromatic rings. The van der Waals surface area contributed by atoms with Gasteiger partial charge < -0.3 is 4.98 Å². The topological polar surface area (TPSA) is 33.6 Å². The van der Waals surface area contributed by atoms with Gasteiger partial charge in [0.2, 0.25) is 0 Å². The molecule has 4 rings (SSSR count). The Labute approximate surface area is 130 Å². The van der Waals surface area contributed by atoms with Gasteiger partial charge >= 0.3 is 0 Å². The van der Waals surface area contributed by atoms with E-state index in [1.165, 1.54) is 38.4 Å². The molecule has 1 N–H and O–H groups in total. The second-order valence-corrected chi connectivity index (χ2v) is 7.29. The summed E-state index contributed by atoms with van der Waals surface area (Å²) < 4.78 is 2.07. The first kappa shape index (κ1) is 13.6. The van der Waals surface area contributed by atoms with E-state index in [0.717, 1.165) is 19.3 Å². The molecule has 0 saturated heterocycles. The van der Waals surface area contributed by atoms with E-state index in [-0.39, 0.29) is 5.41 Å². The summed E-state index contributed by atoms with van der Waals surface area (Å²) in [5, 5.41) is 10.2. The summed E-state index contributed by atoms with van der Waals surface area (Å²) in [6.07, 6.45) is 5.41. The third-order valence-corrected chi connectivity index (χ3v) is 4.78. The van der Waals surface area contributed by atoms with E-state index in [9.17, 15) is 0 Å². The minimum absolute atomic E-state index is 0.257. The number of aromatic nitrogens is 3. The monoisotopic (exact) mass is 293 g/mol. The maximum absolute atomic E-state index is 4.98. The summed E-state index contributed by atoms with van der Waals surface area (Å²) in [7, 11) is 2.07. The first-order valence-electron chi connectivity index (χ1n) is 8.16. The van der Waals surface area contributed by atoms with E-state index in [2.05, 4.69) is 61.8 Å². The van der Waals surface area contributed by atoms with Gasteiger partial charge in [0.15, 0.2) is 0 Å². The second kappa shape index (κ2) is 4.48. The van der Waals surface area contributed by atoms with Crippen molar-refractivity contribution in [3.63, 3.8) is 0 Å². The van der Waals surface area contributed by atoms with E-state index in [0.29, 0.717) is 0 Å². The molecule has 2 aromatic heterocycles. The highest BCUT2D eigenvalue weighted by atomic mass is 15.2. The molecule has 1 aliphatic rings. The number of aromatic amines is 1. The molecule has 114 valence electrons. The predicted octanol–water partition coefficient (Wildman–Crippen LogP) is 3.65. The summed E-state index contributed by atoms with van der Waals surface area (Å²) in [5.41, 5.74) is 4.08. The van der Waals surface area contributed by atoms with Crippen molar-refractivity contribution in [1.82, 2.24) is 14.8 Å². The normalized spacial score (nSPS) is 17.5. The third kappa shape index (κ3) is 1.84. The summed E-state index contributed by atoms with van der Waals surface area (Å²) in [6, 6.07) is 6.57. The Bertz CT molecular complexity index is 954. The summed E-state index contributed by atoms with van der Waals surface area (Å²) in [5.74, 6) is 0. The van der Waals surface area contributed by atoms with Crippen molar-refractivity contribution in [3.8, 4) is 0 Å². The van der Waals surface area contributed by atoms with Crippen molar-refractivity contribution in [2.75, 3.05) is 0 Å². The SMILES string of the molecule is CC/C=c1/c2cccc3[nH]c4c(c(nn1C)CC(C)(C)C4)c32. The number of aryl methyl sites for hydroxylation is 1. The van der Waals surface area contributed by atoms with Crippen molar-refractivity contribution in [3.05, 3.63) is 34.9 Å². The molecular weight excluding hydrogens is 270 g/mol. The molecule has 2 heterocycles. The Hall–Kier alpha value is -2.03. The van der Waals surface area contributed by atoms with Crippen LogP contribution in [0.5, 0.6) is 0 Å². The molecule has 0 radical (unpaired) electrons. The van der Waals surface area contributed by atoms with E-state index in [1.54, 1.807) is 0 Å². The fourth-order valence-corrected chi connectivity index (χ4v) is 3.98. The fraction of sp³-hybridized carbons (Fsp3) is 0.421. The Morgan fingerprint density at radius 2 is 2.09 bits per heavy atom. The van der Waals surface area contributed by atoms with Gasteiger partial charge in [-0.3, -0.25) is 4.68 Å². The Balaban J connectivity index is 2.29. The number of H-pyrrole nitrogens is 1. The average Bonchev–Trinajstić information content (AvgIpc) is 2.75. The van der Waals surface area contributed by atoms with Gasteiger partial charge in [0.05, 0.1) is 11.0 Å². The Morgan fingerprint density at radius 1 is 1.27 bits per heavy atom. The van der Waals surface area contributed by atoms with Gasteiger partial charge in [0.1, 0.15) is 0 Å². The number of hydrogen-bond donors (Lipinski definition) is 1. The molecule has 0 amide bonds. The smallest absolute Gasteiger partial charge is 0.0711 e. The number of hydrogen-bond acceptors (Lipinski definition) is 1. The van der Waals surface area contributed by atoms with Crippen LogP contribution in [-0.4, -0.2) is 14.8 Å². The predicted molar refractivity (Wildman–Crippen MR) is 92.5 cm³/mol. The molecule has 0 aliphatic heterocycles. The van der Waals surface area contributed by atoms with Crippen LogP contribution in [0.25, 0.3) is 27.8 Å². The summed E-state index contributed by atoms with van der Waals surface area (Å²) >= 11 is 0. The molecule has 0 fully saturated rings. The molecule has 0 unspecified atom stereocenters. The molecule has 0 spiro atoms. The highest BCUT2D eigenvalue weighted by molar-refractivity contribution is 6.11. The first-order chi connectivity index (χ1) is 10.5. The minimum atomic E-state index is 0.257. The zero-order chi connectivity index (χ0) is 15.5. The van der Waals surface area contributed by atoms with Crippen LogP contribution in [0.1, 0.15) is 38.6 Å². The zero-order valence-corrected chi connectivity index (χ0v) is 13.8. The van der Waals surface area contributed by atoms with Crippen LogP contribution in [0, 0.1) is 5.41 Å². The molecule has 22 heavy (non-hydrogen) atoms. The van der Waals surface area contributed by atoms with Gasteiger partial charge in [-0.15, -0.1) is 0 Å². The van der Waals surface area contributed by atoms with Crippen molar-refractivity contribution in [1.29, 1.82) is 0 Å². The van der Waals surface area contributed by atoms with Crippen molar-refractivity contribution in [2.24, 2.45) is 12.5 Å². The maximum Gasteiger partial charge on any atom is 0.0711 e. The quantitative estimate of drug-likeness (QED) is 0.730. The van der Waals surface area contributed by atoms with Crippen LogP contribution in [0.3, 0.4) is 0 Å². The Morgan fingerprint density at radius 3 is 2.86 bits per heavy atom. The Kier molecular flexibility index (Phi) is 2.77. The molecule has 0 bridgehead atoms. The number of benzene rings is 1. The first-order valence-corrected chi connectivity index (χ1v) is 8.16. The third-order valence-electron chi connectivity index (χ3n) is 4.78. The lowest BCUT2D eigenvalue weighted by Gasteiger charge is -2.27. The van der Waals surface area contributed by atoms with Crippen LogP contribution in [-0.2, 0) is 19.9 Å². The minimum Gasteiger partial charge on any atom is -0.358 e. The molecule has 0 atom stereocenters. The molecule has 1 aromatic carbocycles. The lowest BCUT2D eigenvalue weighted by atomic mass is 9.78. The van der Waals surface area contributed by atoms with Crippen molar-refractivity contribution >= 4 is 27.8 Å². The van der Waals surface area contributed by atoms with Gasteiger partial charge in [-0.05, 0) is 30.7 Å². The summed E-state index contributed by atoms with van der Waals surface area (Å²) in [4.78, 5) is 3.66. The highest BCUT2D eigenvalue weighted by Crippen LogP contribution is 2.39. The van der Waals surface area contributed by atoms with E-state index < -0.39 is 0 Å². The van der Waals surface area contributed by atoms with Crippen LogP contribution in [0.4, 0.5) is 0 Å². The van der Waals surface area contributed by atoms with Gasteiger partial charge in [-0.1, -0.05) is 39.0 Å². The largest absolute Gasteiger partial charge is 0.358 e. The fourth-order valence-electron chi connectivity index (χ4n) is 3.98. The van der Waals surface area contributed by atoms with Gasteiger partial charge in [-0.2, -0.15) is 5.10 Å². The molecule has 1 aliphatic carbocycles. The summed E-state index contributed by atoms with van der Waals surface area (Å²) in [6.45, 7) is 6.85. The molecule has 3 nitrogen and oxygen atoms in total. The van der Waals surface area contributed by atoms with Crippen LogP contribution in [0.15, 0.2) is 18.2 Å². The lowest BCUT2D eigenvalue weighted by Crippen LogP contribution is -2.25. The van der Waals surface area contributed by atoms with Crippen LogP contribution < -0.4 is 5.35 Å². The van der Waals surface area contributed by atoms with Gasteiger partial charge in [0.25, 0.3) is 0 Å². The van der Waals surface area contributed by atoms with E-state index in [1.807, 2.05) is 0 Å². The van der Waals surface area contributed by atoms with Gasteiger partial charge in [-0.25, -0.2) is 0 Å². The maximum atomic E-state index is 4.98. The van der Waals surface area contributed by atoms with Crippen molar-refractivity contribution in [2.45, 2.75) is 40.0 Å². The average molecular weight is 293 g/mol. The molecule has 3 heteroatoms. The number of nitrogens with one attached hydrogen (secondary N) is 1. The van der Waals surface area contributed by atoms with E-state index >= 15 is 0 Å². The van der Waals surface area contributed by atoms with Gasteiger partial charge in [0, 0.05) is 34.4 Å². The number of rotatable bonds is 1. The van der Waals surface area contributed by atoms with Crippen LogP contribution >= 0.6 is 0 Å². The zero-order valence-electron chi connectivity index (χ0n) is 13.8. The molecular formula is C19H23N3. The highest BCUT2D eigenvalue weighted by Gasteiger charge is 2.30. The van der Waals surface area contributed by atoms with Crippen molar-refractivity contribution < 1.29 is 0 Å². The lowest BCUT2D eigenvalue weighted by molar-refractivity contribution is 0.346. The van der Waals surface area contributed by atoms with Crippen LogP contribution in [0.2, 0.25) is 0 Å².